The molecule has 0 amide bonds. The Kier molecular flexibility index (Phi) is 6.23. The number of aromatic nitrogens is 3. The molecular formula is C19H17FN3O5S-. The van der Waals surface area contributed by atoms with Crippen LogP contribution in [0.1, 0.15) is 0 Å². The molecule has 0 spiro atoms. The van der Waals surface area contributed by atoms with Crippen LogP contribution in [0.15, 0.2) is 41.6 Å². The summed E-state index contributed by atoms with van der Waals surface area (Å²) < 4.78 is 32.0. The van der Waals surface area contributed by atoms with E-state index in [0.29, 0.717) is 22.8 Å². The van der Waals surface area contributed by atoms with Gasteiger partial charge < -0.3 is 24.1 Å². The Morgan fingerprint density at radius 1 is 1.10 bits per heavy atom. The smallest absolute Gasteiger partial charge is 0.203 e. The summed E-state index contributed by atoms with van der Waals surface area (Å²) in [6.07, 6.45) is 0. The highest BCUT2D eigenvalue weighted by Crippen LogP contribution is 2.41. The van der Waals surface area contributed by atoms with Crippen molar-refractivity contribution in [3.63, 3.8) is 0 Å². The number of thioether (sulfide) groups is 1. The lowest BCUT2D eigenvalue weighted by Gasteiger charge is -2.15. The van der Waals surface area contributed by atoms with E-state index in [1.54, 1.807) is 30.3 Å². The molecule has 0 fully saturated rings. The van der Waals surface area contributed by atoms with Crippen LogP contribution in [0.5, 0.6) is 17.2 Å². The predicted molar refractivity (Wildman–Crippen MR) is 102 cm³/mol. The SMILES string of the molecule is COc1cc(-c2nnc(SCC(=O)[O-])n2-c2ccccc2F)cc(OC)c1OC. The molecule has 0 atom stereocenters. The van der Waals surface area contributed by atoms with Gasteiger partial charge in [-0.1, -0.05) is 23.9 Å². The van der Waals surface area contributed by atoms with Crippen LogP contribution in [0.3, 0.4) is 0 Å². The number of carboxylic acids is 1. The zero-order valence-electron chi connectivity index (χ0n) is 15.8. The van der Waals surface area contributed by atoms with Crippen molar-refractivity contribution in [2.24, 2.45) is 0 Å². The number of methoxy groups -OCH3 is 3. The van der Waals surface area contributed by atoms with Gasteiger partial charge in [0, 0.05) is 11.3 Å². The van der Waals surface area contributed by atoms with Gasteiger partial charge in [-0.25, -0.2) is 4.39 Å². The molecule has 0 aliphatic rings. The monoisotopic (exact) mass is 418 g/mol. The Balaban J connectivity index is 2.22. The Morgan fingerprint density at radius 2 is 1.76 bits per heavy atom. The molecular weight excluding hydrogens is 401 g/mol. The number of ether oxygens (including phenoxy) is 3. The summed E-state index contributed by atoms with van der Waals surface area (Å²) in [6, 6.07) is 9.34. The number of para-hydroxylation sites is 1. The van der Waals surface area contributed by atoms with E-state index in [1.807, 2.05) is 0 Å². The number of hydrogen-bond acceptors (Lipinski definition) is 8. The Hall–Kier alpha value is -3.27. The molecule has 1 aromatic heterocycles. The van der Waals surface area contributed by atoms with Crippen LogP contribution in [0.2, 0.25) is 0 Å². The second kappa shape index (κ2) is 8.82. The number of carboxylic acid groups (broad SMARTS) is 1. The predicted octanol–water partition coefficient (Wildman–Crippen LogP) is 1.94. The lowest BCUT2D eigenvalue weighted by atomic mass is 10.1. The number of aliphatic carboxylic acids is 1. The molecule has 3 rings (SSSR count). The van der Waals surface area contributed by atoms with Gasteiger partial charge in [0.2, 0.25) is 5.75 Å². The quantitative estimate of drug-likeness (QED) is 0.512. The van der Waals surface area contributed by atoms with Crippen LogP contribution < -0.4 is 19.3 Å². The van der Waals surface area contributed by atoms with Gasteiger partial charge in [-0.05, 0) is 24.3 Å². The first kappa shape index (κ1) is 20.5. The topological polar surface area (TPSA) is 98.5 Å². The summed E-state index contributed by atoms with van der Waals surface area (Å²) >= 11 is 0.875. The van der Waals surface area contributed by atoms with Crippen molar-refractivity contribution in [3.05, 3.63) is 42.2 Å². The van der Waals surface area contributed by atoms with Crippen molar-refractivity contribution in [3.8, 4) is 34.3 Å². The van der Waals surface area contributed by atoms with Gasteiger partial charge in [-0.15, -0.1) is 10.2 Å². The van der Waals surface area contributed by atoms with E-state index in [9.17, 15) is 14.3 Å². The minimum atomic E-state index is -1.27. The summed E-state index contributed by atoms with van der Waals surface area (Å²) in [5.41, 5.74) is 0.678. The molecule has 2 aromatic carbocycles. The van der Waals surface area contributed by atoms with Crippen LogP contribution in [-0.4, -0.2) is 47.8 Å². The highest BCUT2D eigenvalue weighted by atomic mass is 32.2. The average Bonchev–Trinajstić information content (AvgIpc) is 3.15. The number of carbonyl (C=O) groups is 1. The molecule has 1 heterocycles. The summed E-state index contributed by atoms with van der Waals surface area (Å²) in [7, 11) is 4.43. The van der Waals surface area contributed by atoms with Gasteiger partial charge in [0.05, 0.1) is 33.0 Å². The molecule has 152 valence electrons. The lowest BCUT2D eigenvalue weighted by Crippen LogP contribution is -2.24. The van der Waals surface area contributed by atoms with Gasteiger partial charge in [0.15, 0.2) is 22.5 Å². The average molecular weight is 418 g/mol. The molecule has 29 heavy (non-hydrogen) atoms. The third-order valence-electron chi connectivity index (χ3n) is 3.97. The molecule has 0 aliphatic heterocycles. The second-order valence-electron chi connectivity index (χ2n) is 5.67. The zero-order valence-corrected chi connectivity index (χ0v) is 16.7. The first-order chi connectivity index (χ1) is 14.0. The molecule has 0 aliphatic carbocycles. The van der Waals surface area contributed by atoms with Gasteiger partial charge in [0.25, 0.3) is 0 Å². The fourth-order valence-electron chi connectivity index (χ4n) is 2.73. The maximum atomic E-state index is 14.6. The van der Waals surface area contributed by atoms with Crippen molar-refractivity contribution >= 4 is 17.7 Å². The van der Waals surface area contributed by atoms with Crippen molar-refractivity contribution in [1.29, 1.82) is 0 Å². The minimum Gasteiger partial charge on any atom is -0.549 e. The highest BCUT2D eigenvalue weighted by molar-refractivity contribution is 7.99. The van der Waals surface area contributed by atoms with Crippen molar-refractivity contribution in [2.45, 2.75) is 5.16 Å². The van der Waals surface area contributed by atoms with Crippen molar-refractivity contribution in [2.75, 3.05) is 27.1 Å². The van der Waals surface area contributed by atoms with E-state index in [0.717, 1.165) is 11.8 Å². The second-order valence-corrected chi connectivity index (χ2v) is 6.61. The number of rotatable bonds is 8. The molecule has 0 saturated carbocycles. The van der Waals surface area contributed by atoms with Gasteiger partial charge >= 0.3 is 0 Å². The summed E-state index contributed by atoms with van der Waals surface area (Å²) in [5, 5.41) is 19.3. The first-order valence-electron chi connectivity index (χ1n) is 8.33. The van der Waals surface area contributed by atoms with Crippen LogP contribution in [0.4, 0.5) is 4.39 Å². The standard InChI is InChI=1S/C19H18FN3O5S/c1-26-14-8-11(9-15(27-2)17(14)28-3)18-21-22-19(29-10-16(24)25)23(18)13-7-5-4-6-12(13)20/h4-9H,10H2,1-3H3,(H,24,25)/p-1. The molecule has 10 heteroatoms. The maximum Gasteiger partial charge on any atom is 0.203 e. The maximum absolute atomic E-state index is 14.6. The van der Waals surface area contributed by atoms with E-state index in [2.05, 4.69) is 10.2 Å². The fourth-order valence-corrected chi connectivity index (χ4v) is 3.39. The third kappa shape index (κ3) is 4.11. The molecule has 0 saturated heterocycles. The number of nitrogens with zero attached hydrogens (tertiary/aromatic N) is 3. The number of benzene rings is 2. The fraction of sp³-hybridized carbons (Fsp3) is 0.211. The summed E-state index contributed by atoms with van der Waals surface area (Å²) in [6.45, 7) is 0. The van der Waals surface area contributed by atoms with Crippen LogP contribution in [0, 0.1) is 5.82 Å². The van der Waals surface area contributed by atoms with Gasteiger partial charge in [0.1, 0.15) is 5.82 Å². The third-order valence-corrected chi connectivity index (χ3v) is 4.87. The first-order valence-corrected chi connectivity index (χ1v) is 9.32. The van der Waals surface area contributed by atoms with E-state index in [4.69, 9.17) is 14.2 Å². The van der Waals surface area contributed by atoms with Crippen LogP contribution in [0.25, 0.3) is 17.1 Å². The summed E-state index contributed by atoms with van der Waals surface area (Å²) in [4.78, 5) is 10.9. The van der Waals surface area contributed by atoms with E-state index in [-0.39, 0.29) is 22.4 Å². The van der Waals surface area contributed by atoms with Gasteiger partial charge in [-0.3, -0.25) is 4.57 Å². The number of carbonyl (C=O) groups excluding carboxylic acids is 1. The molecule has 0 N–H and O–H groups in total. The lowest BCUT2D eigenvalue weighted by molar-refractivity contribution is -0.301. The van der Waals surface area contributed by atoms with E-state index >= 15 is 0 Å². The molecule has 0 bridgehead atoms. The van der Waals surface area contributed by atoms with Gasteiger partial charge in [-0.2, -0.15) is 0 Å². The molecule has 0 radical (unpaired) electrons. The normalized spacial score (nSPS) is 10.6. The minimum absolute atomic E-state index is 0.169. The highest BCUT2D eigenvalue weighted by Gasteiger charge is 2.22. The molecule has 0 unspecified atom stereocenters. The summed E-state index contributed by atoms with van der Waals surface area (Å²) in [5.74, 6) is -0.717. The van der Waals surface area contributed by atoms with Crippen LogP contribution >= 0.6 is 11.8 Å². The van der Waals surface area contributed by atoms with Crippen molar-refractivity contribution < 1.29 is 28.5 Å². The Bertz CT molecular complexity index is 1020. The molecule has 3 aromatic rings. The largest absolute Gasteiger partial charge is 0.549 e. The number of halogens is 1. The Labute approximate surface area is 170 Å². The van der Waals surface area contributed by atoms with Crippen molar-refractivity contribution in [1.82, 2.24) is 14.8 Å². The molecule has 8 nitrogen and oxygen atoms in total. The van der Waals surface area contributed by atoms with E-state index in [1.165, 1.54) is 32.0 Å². The zero-order chi connectivity index (χ0) is 21.0. The van der Waals surface area contributed by atoms with E-state index < -0.39 is 11.8 Å². The van der Waals surface area contributed by atoms with Crippen LogP contribution in [-0.2, 0) is 4.79 Å². The number of hydrogen-bond donors (Lipinski definition) is 0. The Morgan fingerprint density at radius 3 is 2.31 bits per heavy atom.